The molecule has 1 rings (SSSR count). The summed E-state index contributed by atoms with van der Waals surface area (Å²) in [6.07, 6.45) is 0. The molecule has 0 aliphatic rings. The normalized spacial score (nSPS) is 9.77. The minimum atomic E-state index is -0.673. The molecule has 0 N–H and O–H groups in total. The van der Waals surface area contributed by atoms with Gasteiger partial charge in [0.05, 0.1) is 0 Å². The van der Waals surface area contributed by atoms with Crippen LogP contribution in [-0.4, -0.2) is 9.67 Å². The van der Waals surface area contributed by atoms with Crippen molar-refractivity contribution in [3.8, 4) is 0 Å². The second-order valence-electron chi connectivity index (χ2n) is 1.96. The monoisotopic (exact) mass is 278 g/mol. The Kier molecular flexibility index (Phi) is 8.43. The summed E-state index contributed by atoms with van der Waals surface area (Å²) in [4.78, 5) is -1.35. The molecule has 0 fully saturated rings. The van der Waals surface area contributed by atoms with Crippen LogP contribution in [0, 0.1) is 0 Å². The molecule has 0 amide bonds. The number of hydrogen-bond donors (Lipinski definition) is 0. The predicted octanol–water partition coefficient (Wildman–Crippen LogP) is 4.93. The third kappa shape index (κ3) is 8.99. The van der Waals surface area contributed by atoms with Crippen molar-refractivity contribution in [2.24, 2.45) is 0 Å². The third-order valence-corrected chi connectivity index (χ3v) is 2.70. The highest BCUT2D eigenvalue weighted by molar-refractivity contribution is 6.56. The van der Waals surface area contributed by atoms with Crippen molar-refractivity contribution in [1.29, 1.82) is 0 Å². The first-order chi connectivity index (χ1) is 6.04. The van der Waals surface area contributed by atoms with Crippen molar-refractivity contribution in [3.05, 3.63) is 35.4 Å². The lowest BCUT2D eigenvalue weighted by Crippen LogP contribution is -1.96. The van der Waals surface area contributed by atoms with Crippen LogP contribution < -0.4 is 0 Å². The van der Waals surface area contributed by atoms with E-state index in [9.17, 15) is 0 Å². The first-order valence-corrected chi connectivity index (χ1v) is 5.43. The Hall–Kier alpha value is 0.670. The maximum atomic E-state index is 5.54. The van der Waals surface area contributed by atoms with E-state index in [1.165, 1.54) is 0 Å². The van der Waals surface area contributed by atoms with E-state index >= 15 is 0 Å². The van der Waals surface area contributed by atoms with Gasteiger partial charge in [0.2, 0.25) is 0 Å². The van der Waals surface area contributed by atoms with Crippen LogP contribution in [0.2, 0.25) is 5.02 Å². The van der Waals surface area contributed by atoms with Crippen molar-refractivity contribution < 1.29 is 0 Å². The van der Waals surface area contributed by atoms with Crippen molar-refractivity contribution >= 4 is 58.0 Å². The zero-order valence-corrected chi connectivity index (χ0v) is 10.2. The zero-order valence-electron chi connectivity index (χ0n) is 6.43. The number of alkyl halides is 4. The van der Waals surface area contributed by atoms with E-state index < -0.39 is 9.67 Å². The summed E-state index contributed by atoms with van der Waals surface area (Å²) in [7, 11) is 0. The second-order valence-corrected chi connectivity index (χ2v) is 4.73. The highest BCUT2D eigenvalue weighted by Crippen LogP contribution is 2.16. The average Bonchev–Trinajstić information content (AvgIpc) is 2.06. The van der Waals surface area contributed by atoms with Crippen LogP contribution >= 0.6 is 58.0 Å². The molecule has 0 nitrogen and oxygen atoms in total. The van der Waals surface area contributed by atoms with Gasteiger partial charge < -0.3 is 0 Å². The predicted molar refractivity (Wildman–Crippen MR) is 62.4 cm³/mol. The van der Waals surface area contributed by atoms with Crippen LogP contribution in [0.5, 0.6) is 0 Å². The van der Waals surface area contributed by atoms with E-state index in [0.717, 1.165) is 5.02 Å². The summed E-state index contributed by atoms with van der Waals surface area (Å²) in [5.41, 5.74) is 0. The Balaban J connectivity index is 0.000000226. The topological polar surface area (TPSA) is 0 Å². The standard InChI is InChI=1S/C6H5Cl.C2H2Cl4/c7-6-4-2-1-3-5-6;3-1(4)2(5)6/h1-5H;1-2H. The Bertz CT molecular complexity index is 203. The molecule has 0 radical (unpaired) electrons. The number of halogens is 5. The van der Waals surface area contributed by atoms with Gasteiger partial charge in [-0.25, -0.2) is 0 Å². The second kappa shape index (κ2) is 8.02. The average molecular weight is 280 g/mol. The summed E-state index contributed by atoms with van der Waals surface area (Å²) < 4.78 is 0. The SMILES string of the molecule is ClC(Cl)C(Cl)Cl.Clc1ccccc1. The lowest BCUT2D eigenvalue weighted by atomic mass is 10.4. The van der Waals surface area contributed by atoms with E-state index in [0.29, 0.717) is 0 Å². The molecule has 0 saturated carbocycles. The molecule has 0 atom stereocenters. The summed E-state index contributed by atoms with van der Waals surface area (Å²) in [6.45, 7) is 0. The highest BCUT2D eigenvalue weighted by Gasteiger charge is 2.06. The van der Waals surface area contributed by atoms with E-state index in [1.54, 1.807) is 0 Å². The van der Waals surface area contributed by atoms with Gasteiger partial charge in [-0.3, -0.25) is 0 Å². The van der Waals surface area contributed by atoms with Crippen LogP contribution in [0.4, 0.5) is 0 Å². The van der Waals surface area contributed by atoms with Gasteiger partial charge in [0.25, 0.3) is 0 Å². The van der Waals surface area contributed by atoms with Crippen LogP contribution in [0.25, 0.3) is 0 Å². The lowest BCUT2D eigenvalue weighted by Gasteiger charge is -1.95. The molecule has 0 aromatic heterocycles. The lowest BCUT2D eigenvalue weighted by molar-refractivity contribution is 1.29. The van der Waals surface area contributed by atoms with Crippen molar-refractivity contribution in [3.63, 3.8) is 0 Å². The molecule has 0 unspecified atom stereocenters. The Morgan fingerprint density at radius 1 is 0.769 bits per heavy atom. The maximum absolute atomic E-state index is 5.54. The zero-order chi connectivity index (χ0) is 10.3. The van der Waals surface area contributed by atoms with Crippen molar-refractivity contribution in [2.45, 2.75) is 9.67 Å². The Morgan fingerprint density at radius 3 is 1.31 bits per heavy atom. The molecule has 13 heavy (non-hydrogen) atoms. The third-order valence-electron chi connectivity index (χ3n) is 0.924. The number of rotatable bonds is 1. The minimum absolute atomic E-state index is 0.673. The van der Waals surface area contributed by atoms with Gasteiger partial charge >= 0.3 is 0 Å². The van der Waals surface area contributed by atoms with Gasteiger partial charge in [-0.1, -0.05) is 29.8 Å². The molecule has 0 aliphatic carbocycles. The fraction of sp³-hybridized carbons (Fsp3) is 0.250. The van der Waals surface area contributed by atoms with Gasteiger partial charge in [-0.15, -0.1) is 46.4 Å². The summed E-state index contributed by atoms with van der Waals surface area (Å²) in [6, 6.07) is 9.44. The Morgan fingerprint density at radius 2 is 1.15 bits per heavy atom. The van der Waals surface area contributed by atoms with Gasteiger partial charge in [-0.2, -0.15) is 0 Å². The van der Waals surface area contributed by atoms with Crippen LogP contribution in [0.3, 0.4) is 0 Å². The van der Waals surface area contributed by atoms with Crippen LogP contribution in [0.1, 0.15) is 0 Å². The van der Waals surface area contributed by atoms with Gasteiger partial charge in [0.15, 0.2) is 0 Å². The molecule has 0 heterocycles. The maximum Gasteiger partial charge on any atom is 0.137 e. The largest absolute Gasteiger partial charge is 0.137 e. The minimum Gasteiger partial charge on any atom is -0.102 e. The smallest absolute Gasteiger partial charge is 0.102 e. The molecule has 1 aromatic carbocycles. The molecule has 1 aromatic rings. The molecule has 0 bridgehead atoms. The fourth-order valence-corrected chi connectivity index (χ4v) is 0.560. The van der Waals surface area contributed by atoms with Crippen LogP contribution in [-0.2, 0) is 0 Å². The highest BCUT2D eigenvalue weighted by atomic mass is 35.5. The number of benzene rings is 1. The van der Waals surface area contributed by atoms with Gasteiger partial charge in [0, 0.05) is 5.02 Å². The quantitative estimate of drug-likeness (QED) is 0.640. The van der Waals surface area contributed by atoms with E-state index in [2.05, 4.69) is 0 Å². The summed E-state index contributed by atoms with van der Waals surface area (Å²) >= 11 is 26.0. The molecule has 5 heteroatoms. The van der Waals surface area contributed by atoms with Crippen LogP contribution in [0.15, 0.2) is 30.3 Å². The van der Waals surface area contributed by atoms with Gasteiger partial charge in [-0.05, 0) is 12.1 Å². The van der Waals surface area contributed by atoms with Gasteiger partial charge in [0.1, 0.15) is 9.67 Å². The molecule has 0 saturated heterocycles. The first-order valence-electron chi connectivity index (χ1n) is 3.31. The number of hydrogen-bond acceptors (Lipinski definition) is 0. The summed E-state index contributed by atoms with van der Waals surface area (Å²) in [5.74, 6) is 0. The molecule has 74 valence electrons. The summed E-state index contributed by atoms with van der Waals surface area (Å²) in [5, 5.41) is 0.794. The van der Waals surface area contributed by atoms with Crippen molar-refractivity contribution in [1.82, 2.24) is 0 Å². The molecular formula is C8H7Cl5. The van der Waals surface area contributed by atoms with E-state index in [4.69, 9.17) is 58.0 Å². The fourth-order valence-electron chi connectivity index (χ4n) is 0.415. The molecule has 0 spiro atoms. The van der Waals surface area contributed by atoms with E-state index in [1.807, 2.05) is 30.3 Å². The Labute approximate surface area is 103 Å². The van der Waals surface area contributed by atoms with E-state index in [-0.39, 0.29) is 0 Å². The molecule has 0 aliphatic heterocycles. The van der Waals surface area contributed by atoms with Crippen molar-refractivity contribution in [2.75, 3.05) is 0 Å². The molecular weight excluding hydrogens is 273 g/mol. The first kappa shape index (κ1) is 13.7.